The predicted molar refractivity (Wildman–Crippen MR) is 111 cm³/mol. The van der Waals surface area contributed by atoms with Crippen LogP contribution in [0.3, 0.4) is 0 Å². The van der Waals surface area contributed by atoms with Gasteiger partial charge >= 0.3 is 0 Å². The van der Waals surface area contributed by atoms with Crippen molar-refractivity contribution in [2.24, 2.45) is 0 Å². The molecule has 2 aromatic rings. The fraction of sp³-hybridized carbons (Fsp3) is 0.263. The molecule has 1 saturated heterocycles. The third-order valence-electron chi connectivity index (χ3n) is 4.63. The summed E-state index contributed by atoms with van der Waals surface area (Å²) in [5.74, 6) is -0.628. The zero-order chi connectivity index (χ0) is 21.0. The minimum Gasteiger partial charge on any atom is -0.368 e. The van der Waals surface area contributed by atoms with E-state index in [9.17, 15) is 19.7 Å². The summed E-state index contributed by atoms with van der Waals surface area (Å²) in [5, 5.41) is 14.0. The number of nitrogens with one attached hydrogen (secondary N) is 1. The lowest BCUT2D eigenvalue weighted by molar-refractivity contribution is -0.384. The van der Waals surface area contributed by atoms with E-state index in [-0.39, 0.29) is 28.7 Å². The molecule has 29 heavy (non-hydrogen) atoms. The lowest BCUT2D eigenvalue weighted by Crippen LogP contribution is -2.51. The van der Waals surface area contributed by atoms with E-state index in [4.69, 9.17) is 23.2 Å². The standard InChI is InChI=1S/C19H18Cl2N4O4/c20-13-1-6-16(17(21)11-13)19(27)22-12-18(26)24-9-7-23(8-10-24)14-2-4-15(5-3-14)25(28)29/h1-6,11H,7-10,12H2,(H,22,27). The van der Waals surface area contributed by atoms with Crippen LogP contribution in [0.2, 0.25) is 10.0 Å². The molecule has 0 radical (unpaired) electrons. The van der Waals surface area contributed by atoms with E-state index in [2.05, 4.69) is 10.2 Å². The first-order chi connectivity index (χ1) is 13.8. The number of carbonyl (C=O) groups excluding carboxylic acids is 2. The summed E-state index contributed by atoms with van der Waals surface area (Å²) >= 11 is 11.8. The number of carbonyl (C=O) groups is 2. The third-order valence-corrected chi connectivity index (χ3v) is 5.18. The van der Waals surface area contributed by atoms with E-state index in [1.807, 2.05) is 0 Å². The van der Waals surface area contributed by atoms with Gasteiger partial charge in [-0.05, 0) is 30.3 Å². The molecular weight excluding hydrogens is 419 g/mol. The highest BCUT2D eigenvalue weighted by atomic mass is 35.5. The van der Waals surface area contributed by atoms with Gasteiger partial charge in [-0.1, -0.05) is 23.2 Å². The SMILES string of the molecule is O=C(NCC(=O)N1CCN(c2ccc([N+](=O)[O-])cc2)CC1)c1ccc(Cl)cc1Cl. The van der Waals surface area contributed by atoms with Crippen LogP contribution in [0.4, 0.5) is 11.4 Å². The molecule has 0 unspecified atom stereocenters. The van der Waals surface area contributed by atoms with E-state index >= 15 is 0 Å². The van der Waals surface area contributed by atoms with Crippen LogP contribution in [0.25, 0.3) is 0 Å². The van der Waals surface area contributed by atoms with Crippen LogP contribution < -0.4 is 10.2 Å². The second-order valence-corrected chi connectivity index (χ2v) is 7.29. The molecule has 152 valence electrons. The first-order valence-corrected chi connectivity index (χ1v) is 9.61. The van der Waals surface area contributed by atoms with Crippen molar-refractivity contribution in [1.29, 1.82) is 0 Å². The molecule has 0 aliphatic carbocycles. The van der Waals surface area contributed by atoms with Crippen molar-refractivity contribution < 1.29 is 14.5 Å². The van der Waals surface area contributed by atoms with Crippen LogP contribution >= 0.6 is 23.2 Å². The smallest absolute Gasteiger partial charge is 0.269 e. The maximum Gasteiger partial charge on any atom is 0.269 e. The van der Waals surface area contributed by atoms with Crippen molar-refractivity contribution >= 4 is 46.4 Å². The van der Waals surface area contributed by atoms with Gasteiger partial charge in [0.1, 0.15) is 0 Å². The summed E-state index contributed by atoms with van der Waals surface area (Å²) in [6, 6.07) is 10.9. The van der Waals surface area contributed by atoms with Gasteiger partial charge in [0, 0.05) is 49.0 Å². The van der Waals surface area contributed by atoms with Crippen molar-refractivity contribution in [3.8, 4) is 0 Å². The Morgan fingerprint density at radius 1 is 1.03 bits per heavy atom. The number of nitrogens with zero attached hydrogens (tertiary/aromatic N) is 3. The van der Waals surface area contributed by atoms with Crippen molar-refractivity contribution in [3.05, 3.63) is 68.2 Å². The minimum absolute atomic E-state index is 0.0408. The zero-order valence-electron chi connectivity index (χ0n) is 15.3. The van der Waals surface area contributed by atoms with Crippen LogP contribution in [0.1, 0.15) is 10.4 Å². The fourth-order valence-corrected chi connectivity index (χ4v) is 3.53. The van der Waals surface area contributed by atoms with E-state index < -0.39 is 10.8 Å². The van der Waals surface area contributed by atoms with Crippen LogP contribution in [0.5, 0.6) is 0 Å². The predicted octanol–water partition coefficient (Wildman–Crippen LogP) is 2.98. The molecule has 8 nitrogen and oxygen atoms in total. The molecule has 1 N–H and O–H groups in total. The second kappa shape index (κ2) is 9.11. The number of hydrogen-bond donors (Lipinski definition) is 1. The largest absolute Gasteiger partial charge is 0.368 e. The highest BCUT2D eigenvalue weighted by Gasteiger charge is 2.22. The summed E-state index contributed by atoms with van der Waals surface area (Å²) in [4.78, 5) is 38.6. The summed E-state index contributed by atoms with van der Waals surface area (Å²) in [5.41, 5.74) is 1.17. The molecule has 0 saturated carbocycles. The molecule has 1 aliphatic rings. The highest BCUT2D eigenvalue weighted by Crippen LogP contribution is 2.22. The van der Waals surface area contributed by atoms with Gasteiger partial charge < -0.3 is 15.1 Å². The van der Waals surface area contributed by atoms with Crippen LogP contribution in [-0.4, -0.2) is 54.4 Å². The summed E-state index contributed by atoms with van der Waals surface area (Å²) in [6.07, 6.45) is 0. The fourth-order valence-electron chi connectivity index (χ4n) is 3.04. The maximum atomic E-state index is 12.4. The molecule has 3 rings (SSSR count). The molecular formula is C19H18Cl2N4O4. The molecule has 1 fully saturated rings. The lowest BCUT2D eigenvalue weighted by Gasteiger charge is -2.36. The number of piperazine rings is 1. The molecule has 0 atom stereocenters. The van der Waals surface area contributed by atoms with Gasteiger partial charge in [-0.25, -0.2) is 0 Å². The quantitative estimate of drug-likeness (QED) is 0.573. The van der Waals surface area contributed by atoms with E-state index in [0.29, 0.717) is 31.2 Å². The Hall–Kier alpha value is -2.84. The Morgan fingerprint density at radius 3 is 2.28 bits per heavy atom. The maximum absolute atomic E-state index is 12.4. The Balaban J connectivity index is 1.49. The summed E-state index contributed by atoms with van der Waals surface area (Å²) < 4.78 is 0. The van der Waals surface area contributed by atoms with Crippen molar-refractivity contribution in [2.45, 2.75) is 0 Å². The Labute approximate surface area is 177 Å². The molecule has 1 aliphatic heterocycles. The average Bonchev–Trinajstić information content (AvgIpc) is 2.72. The normalized spacial score (nSPS) is 13.9. The minimum atomic E-state index is -0.440. The van der Waals surface area contributed by atoms with Crippen molar-refractivity contribution in [1.82, 2.24) is 10.2 Å². The summed E-state index contributed by atoms with van der Waals surface area (Å²) in [7, 11) is 0. The van der Waals surface area contributed by atoms with E-state index in [1.165, 1.54) is 24.3 Å². The number of hydrogen-bond acceptors (Lipinski definition) is 5. The molecule has 2 aromatic carbocycles. The number of nitro groups is 1. The Kier molecular flexibility index (Phi) is 6.56. The average molecular weight is 437 g/mol. The Morgan fingerprint density at radius 2 is 1.69 bits per heavy atom. The van der Waals surface area contributed by atoms with Crippen LogP contribution in [-0.2, 0) is 4.79 Å². The number of anilines is 1. The molecule has 0 aromatic heterocycles. The van der Waals surface area contributed by atoms with Gasteiger partial charge in [-0.2, -0.15) is 0 Å². The van der Waals surface area contributed by atoms with E-state index in [0.717, 1.165) is 5.69 Å². The molecule has 0 bridgehead atoms. The van der Waals surface area contributed by atoms with Gasteiger partial charge in [-0.15, -0.1) is 0 Å². The molecule has 10 heteroatoms. The lowest BCUT2D eigenvalue weighted by atomic mass is 10.2. The number of nitro benzene ring substituents is 1. The number of amides is 2. The number of benzene rings is 2. The zero-order valence-corrected chi connectivity index (χ0v) is 16.8. The number of non-ortho nitro benzene ring substituents is 1. The summed E-state index contributed by atoms with van der Waals surface area (Å²) in [6.45, 7) is 2.05. The van der Waals surface area contributed by atoms with Crippen molar-refractivity contribution in [2.75, 3.05) is 37.6 Å². The second-order valence-electron chi connectivity index (χ2n) is 6.45. The van der Waals surface area contributed by atoms with Crippen LogP contribution in [0, 0.1) is 10.1 Å². The van der Waals surface area contributed by atoms with Gasteiger partial charge in [0.05, 0.1) is 22.1 Å². The van der Waals surface area contributed by atoms with Crippen molar-refractivity contribution in [3.63, 3.8) is 0 Å². The van der Waals surface area contributed by atoms with Gasteiger partial charge in [0.15, 0.2) is 0 Å². The van der Waals surface area contributed by atoms with Crippen LogP contribution in [0.15, 0.2) is 42.5 Å². The Bertz CT molecular complexity index is 928. The van der Waals surface area contributed by atoms with Gasteiger partial charge in [0.25, 0.3) is 11.6 Å². The molecule has 1 heterocycles. The third kappa shape index (κ3) is 5.16. The monoisotopic (exact) mass is 436 g/mol. The van der Waals surface area contributed by atoms with Gasteiger partial charge in [-0.3, -0.25) is 19.7 Å². The molecule has 0 spiro atoms. The topological polar surface area (TPSA) is 95.8 Å². The first-order valence-electron chi connectivity index (χ1n) is 8.85. The number of rotatable bonds is 5. The molecule has 2 amide bonds. The highest BCUT2D eigenvalue weighted by molar-refractivity contribution is 6.36. The van der Waals surface area contributed by atoms with E-state index in [1.54, 1.807) is 23.1 Å². The van der Waals surface area contributed by atoms with Gasteiger partial charge in [0.2, 0.25) is 5.91 Å². The first kappa shape index (κ1) is 20.9. The number of halogens is 2.